The molecule has 3 N–H and O–H groups in total. The van der Waals surface area contributed by atoms with E-state index in [2.05, 4.69) is 19.2 Å². The molecule has 0 radical (unpaired) electrons. The molecule has 29 heavy (non-hydrogen) atoms. The molecule has 0 atom stereocenters. The Morgan fingerprint density at radius 3 is 2.21 bits per heavy atom. The van der Waals surface area contributed by atoms with E-state index in [-0.39, 0.29) is 6.42 Å². The van der Waals surface area contributed by atoms with Gasteiger partial charge in [0.2, 0.25) is 0 Å². The number of nitrogens with one attached hydrogen (secondary N) is 1. The Bertz CT molecular complexity index is 602. The predicted molar refractivity (Wildman–Crippen MR) is 103 cm³/mol. The quantitative estimate of drug-likeness (QED) is 0.431. The van der Waals surface area contributed by atoms with Crippen molar-refractivity contribution in [3.63, 3.8) is 0 Å². The molecule has 166 valence electrons. The summed E-state index contributed by atoms with van der Waals surface area (Å²) in [6.07, 6.45) is -0.121. The van der Waals surface area contributed by atoms with E-state index in [4.69, 9.17) is 19.7 Å². The van der Waals surface area contributed by atoms with Crippen LogP contribution in [0.15, 0.2) is 24.3 Å². The van der Waals surface area contributed by atoms with E-state index in [0.717, 1.165) is 17.9 Å². The number of alkyl halides is 3. The fourth-order valence-electron chi connectivity index (χ4n) is 2.51. The largest absolute Gasteiger partial charge is 0.493 e. The second-order valence-electron chi connectivity index (χ2n) is 6.53. The number of ether oxygens (including phenoxy) is 1. The normalized spacial score (nSPS) is 11.0. The molecule has 1 rings (SSSR count). The van der Waals surface area contributed by atoms with E-state index in [1.165, 1.54) is 25.7 Å². The SMILES string of the molecule is CCCC(CCC)COc1cccc(CNCCC(=O)O)c1.O=C(O)C(F)(F)F. The summed E-state index contributed by atoms with van der Waals surface area (Å²) in [6, 6.07) is 8.02. The molecule has 0 spiro atoms. The monoisotopic (exact) mass is 421 g/mol. The van der Waals surface area contributed by atoms with Crippen molar-refractivity contribution in [2.24, 2.45) is 5.92 Å². The van der Waals surface area contributed by atoms with Crippen molar-refractivity contribution in [1.82, 2.24) is 5.32 Å². The molecule has 0 amide bonds. The minimum Gasteiger partial charge on any atom is -0.493 e. The first-order valence-electron chi connectivity index (χ1n) is 9.54. The second-order valence-corrected chi connectivity index (χ2v) is 6.53. The third-order valence-electron chi connectivity index (χ3n) is 3.87. The van der Waals surface area contributed by atoms with Gasteiger partial charge in [-0.1, -0.05) is 38.8 Å². The van der Waals surface area contributed by atoms with E-state index in [9.17, 15) is 18.0 Å². The number of hydrogen-bond donors (Lipinski definition) is 3. The molecular formula is C20H30F3NO5. The van der Waals surface area contributed by atoms with Crippen molar-refractivity contribution < 1.29 is 37.7 Å². The molecule has 0 heterocycles. The van der Waals surface area contributed by atoms with Crippen molar-refractivity contribution in [2.45, 2.75) is 58.7 Å². The van der Waals surface area contributed by atoms with Gasteiger partial charge in [-0.25, -0.2) is 4.79 Å². The number of carbonyl (C=O) groups is 2. The number of benzene rings is 1. The number of carboxylic acid groups (broad SMARTS) is 2. The van der Waals surface area contributed by atoms with Gasteiger partial charge in [0.05, 0.1) is 13.0 Å². The lowest BCUT2D eigenvalue weighted by Gasteiger charge is -2.16. The van der Waals surface area contributed by atoms with Gasteiger partial charge in [0.1, 0.15) is 5.75 Å². The molecular weight excluding hydrogens is 391 g/mol. The van der Waals surface area contributed by atoms with Gasteiger partial charge in [-0.05, 0) is 36.5 Å². The zero-order valence-electron chi connectivity index (χ0n) is 16.8. The van der Waals surface area contributed by atoms with Crippen molar-refractivity contribution in [3.05, 3.63) is 29.8 Å². The van der Waals surface area contributed by atoms with Crippen LogP contribution in [0.3, 0.4) is 0 Å². The van der Waals surface area contributed by atoms with Crippen LogP contribution < -0.4 is 10.1 Å². The Hall–Kier alpha value is -2.29. The van der Waals surface area contributed by atoms with Gasteiger partial charge in [0.15, 0.2) is 0 Å². The lowest BCUT2D eigenvalue weighted by molar-refractivity contribution is -0.192. The van der Waals surface area contributed by atoms with E-state index in [1.807, 2.05) is 24.3 Å². The van der Waals surface area contributed by atoms with Crippen LogP contribution in [0.25, 0.3) is 0 Å². The van der Waals surface area contributed by atoms with Crippen molar-refractivity contribution in [3.8, 4) is 5.75 Å². The van der Waals surface area contributed by atoms with Crippen LogP contribution in [-0.4, -0.2) is 41.5 Å². The highest BCUT2D eigenvalue weighted by molar-refractivity contribution is 5.73. The van der Waals surface area contributed by atoms with Gasteiger partial charge in [0, 0.05) is 13.1 Å². The van der Waals surface area contributed by atoms with Crippen molar-refractivity contribution in [1.29, 1.82) is 0 Å². The van der Waals surface area contributed by atoms with E-state index >= 15 is 0 Å². The van der Waals surface area contributed by atoms with Gasteiger partial charge in [-0.2, -0.15) is 13.2 Å². The van der Waals surface area contributed by atoms with Gasteiger partial charge in [-0.3, -0.25) is 4.79 Å². The van der Waals surface area contributed by atoms with Gasteiger partial charge < -0.3 is 20.3 Å². The smallest absolute Gasteiger partial charge is 0.490 e. The van der Waals surface area contributed by atoms with E-state index in [0.29, 0.717) is 19.0 Å². The standard InChI is InChI=1S/C18H29NO3.C2HF3O2/c1-3-6-15(7-4-2)14-22-17-9-5-8-16(12-17)13-19-11-10-18(20)21;3-2(4,5)1(6)7/h5,8-9,12,15,19H,3-4,6-7,10-11,13-14H2,1-2H3,(H,20,21);(H,6,7). The molecule has 0 aromatic heterocycles. The molecule has 1 aromatic carbocycles. The molecule has 0 aliphatic rings. The zero-order valence-corrected chi connectivity index (χ0v) is 16.8. The zero-order chi connectivity index (χ0) is 22.3. The summed E-state index contributed by atoms with van der Waals surface area (Å²) in [7, 11) is 0. The summed E-state index contributed by atoms with van der Waals surface area (Å²) in [5.41, 5.74) is 1.12. The minimum atomic E-state index is -5.08. The lowest BCUT2D eigenvalue weighted by atomic mass is 9.99. The highest BCUT2D eigenvalue weighted by Crippen LogP contribution is 2.18. The maximum absolute atomic E-state index is 10.6. The Morgan fingerprint density at radius 1 is 1.14 bits per heavy atom. The Labute approximate surface area is 169 Å². The molecule has 0 unspecified atom stereocenters. The fourth-order valence-corrected chi connectivity index (χ4v) is 2.51. The van der Waals surface area contributed by atoms with Crippen LogP contribution >= 0.6 is 0 Å². The number of halogens is 3. The molecule has 0 saturated carbocycles. The Balaban J connectivity index is 0.000000956. The molecule has 9 heteroatoms. The number of carboxylic acids is 2. The molecule has 0 fully saturated rings. The average Bonchev–Trinajstić information content (AvgIpc) is 2.64. The fraction of sp³-hybridized carbons (Fsp3) is 0.600. The van der Waals surface area contributed by atoms with Gasteiger partial charge in [-0.15, -0.1) is 0 Å². The van der Waals surface area contributed by atoms with Crippen LogP contribution in [0.4, 0.5) is 13.2 Å². The van der Waals surface area contributed by atoms with Crippen LogP contribution in [0.5, 0.6) is 5.75 Å². The predicted octanol–water partition coefficient (Wildman–Crippen LogP) is 4.48. The van der Waals surface area contributed by atoms with E-state index in [1.54, 1.807) is 0 Å². The minimum absolute atomic E-state index is 0.145. The molecule has 0 aliphatic heterocycles. The highest BCUT2D eigenvalue weighted by Gasteiger charge is 2.38. The summed E-state index contributed by atoms with van der Waals surface area (Å²) >= 11 is 0. The maximum atomic E-state index is 10.6. The molecule has 0 saturated heterocycles. The molecule has 1 aromatic rings. The third-order valence-corrected chi connectivity index (χ3v) is 3.87. The first-order chi connectivity index (χ1) is 13.6. The molecule has 0 aliphatic carbocycles. The first kappa shape index (κ1) is 26.7. The lowest BCUT2D eigenvalue weighted by Crippen LogP contribution is -2.21. The third kappa shape index (κ3) is 14.4. The second kappa shape index (κ2) is 14.7. The maximum Gasteiger partial charge on any atom is 0.490 e. The Kier molecular flexibility index (Phi) is 13.5. The van der Waals surface area contributed by atoms with Crippen molar-refractivity contribution >= 4 is 11.9 Å². The van der Waals surface area contributed by atoms with Crippen LogP contribution in [0.1, 0.15) is 51.5 Å². The topological polar surface area (TPSA) is 95.9 Å². The molecule has 0 bridgehead atoms. The van der Waals surface area contributed by atoms with Gasteiger partial charge >= 0.3 is 18.1 Å². The summed E-state index contributed by atoms with van der Waals surface area (Å²) in [5, 5.41) is 18.9. The highest BCUT2D eigenvalue weighted by atomic mass is 19.4. The van der Waals surface area contributed by atoms with Crippen LogP contribution in [0, 0.1) is 5.92 Å². The van der Waals surface area contributed by atoms with Crippen LogP contribution in [0.2, 0.25) is 0 Å². The number of hydrogen-bond acceptors (Lipinski definition) is 4. The van der Waals surface area contributed by atoms with Crippen LogP contribution in [-0.2, 0) is 16.1 Å². The number of aliphatic carboxylic acids is 2. The summed E-state index contributed by atoms with van der Waals surface area (Å²) < 4.78 is 37.7. The Morgan fingerprint density at radius 2 is 1.72 bits per heavy atom. The summed E-state index contributed by atoms with van der Waals surface area (Å²) in [6.45, 7) is 6.35. The summed E-state index contributed by atoms with van der Waals surface area (Å²) in [5.74, 6) is -2.00. The first-order valence-corrected chi connectivity index (χ1v) is 9.54. The summed E-state index contributed by atoms with van der Waals surface area (Å²) in [4.78, 5) is 19.4. The van der Waals surface area contributed by atoms with Gasteiger partial charge in [0.25, 0.3) is 0 Å². The number of rotatable bonds is 12. The van der Waals surface area contributed by atoms with Crippen molar-refractivity contribution in [2.75, 3.05) is 13.2 Å². The molecule has 6 nitrogen and oxygen atoms in total. The van der Waals surface area contributed by atoms with E-state index < -0.39 is 18.1 Å². The average molecular weight is 421 g/mol.